The maximum absolute atomic E-state index is 15.5. The smallest absolute Gasteiger partial charge is 0.293 e. The van der Waals surface area contributed by atoms with Crippen LogP contribution in [0.15, 0.2) is 83.8 Å². The number of benzene rings is 3. The minimum absolute atomic E-state index is 0.0471. The number of ether oxygens (including phenoxy) is 1. The number of rotatable bonds is 7. The molecule has 2 N–H and O–H groups in total. The first-order valence-electron chi connectivity index (χ1n) is 13.1. The van der Waals surface area contributed by atoms with Gasteiger partial charge in [-0.15, -0.1) is 0 Å². The van der Waals surface area contributed by atoms with Crippen molar-refractivity contribution >= 4 is 35.1 Å². The van der Waals surface area contributed by atoms with E-state index in [1.165, 1.54) is 60.3 Å². The van der Waals surface area contributed by atoms with Crippen LogP contribution in [-0.4, -0.2) is 52.6 Å². The van der Waals surface area contributed by atoms with Crippen molar-refractivity contribution in [3.63, 3.8) is 0 Å². The Morgan fingerprint density at radius 2 is 1.74 bits per heavy atom. The van der Waals surface area contributed by atoms with Crippen LogP contribution in [0.4, 0.5) is 26.0 Å². The Hall–Kier alpha value is -5.16. The lowest BCUT2D eigenvalue weighted by molar-refractivity contribution is -0.111. The Morgan fingerprint density at radius 1 is 1.00 bits per heavy atom. The van der Waals surface area contributed by atoms with E-state index in [1.54, 1.807) is 41.3 Å². The second kappa shape index (κ2) is 12.6. The van der Waals surface area contributed by atoms with Gasteiger partial charge in [0.2, 0.25) is 5.91 Å². The van der Waals surface area contributed by atoms with Crippen LogP contribution >= 0.6 is 0 Å². The van der Waals surface area contributed by atoms with Gasteiger partial charge in [-0.05, 0) is 60.2 Å². The van der Waals surface area contributed by atoms with Crippen LogP contribution in [0.5, 0.6) is 0 Å². The lowest BCUT2D eigenvalue weighted by Gasteiger charge is -2.26. The number of carbonyl (C=O) groups excluding carboxylic acids is 2. The summed E-state index contributed by atoms with van der Waals surface area (Å²) >= 11 is 0. The van der Waals surface area contributed by atoms with Crippen molar-refractivity contribution in [2.75, 3.05) is 36.9 Å². The van der Waals surface area contributed by atoms with Gasteiger partial charge in [0.1, 0.15) is 5.82 Å². The van der Waals surface area contributed by atoms with E-state index in [0.717, 1.165) is 0 Å². The Morgan fingerprint density at radius 3 is 2.48 bits per heavy atom. The second-order valence-electron chi connectivity index (χ2n) is 9.54. The fourth-order valence-corrected chi connectivity index (χ4v) is 4.38. The average Bonchev–Trinajstić information content (AvgIpc) is 3.00. The van der Waals surface area contributed by atoms with Crippen molar-refractivity contribution in [3.05, 3.63) is 112 Å². The molecule has 9 nitrogen and oxygen atoms in total. The molecule has 1 aliphatic rings. The number of anilines is 3. The summed E-state index contributed by atoms with van der Waals surface area (Å²) in [6.45, 7) is 2.05. The number of nitrogens with one attached hydrogen (secondary N) is 2. The molecular formula is C31H27F2N5O4. The van der Waals surface area contributed by atoms with Crippen LogP contribution in [0.1, 0.15) is 15.9 Å². The van der Waals surface area contributed by atoms with Crippen molar-refractivity contribution < 1.29 is 23.1 Å². The van der Waals surface area contributed by atoms with Crippen molar-refractivity contribution in [2.45, 2.75) is 0 Å². The molecule has 2 heterocycles. The number of aromatic nitrogens is 2. The Bertz CT molecular complexity index is 1710. The molecular weight excluding hydrogens is 544 g/mol. The van der Waals surface area contributed by atoms with Gasteiger partial charge >= 0.3 is 0 Å². The Kier molecular flexibility index (Phi) is 8.49. The van der Waals surface area contributed by atoms with Crippen LogP contribution < -0.4 is 16.2 Å². The number of amides is 2. The van der Waals surface area contributed by atoms with Gasteiger partial charge in [-0.2, -0.15) is 0 Å². The highest BCUT2D eigenvalue weighted by Crippen LogP contribution is 2.27. The van der Waals surface area contributed by atoms with Crippen LogP contribution in [0, 0.1) is 11.6 Å². The fraction of sp³-hybridized carbons (Fsp3) is 0.161. The molecule has 1 fully saturated rings. The standard InChI is InChI=1S/C31H27F2N5O4/c1-37-19-26(24-6-3-7-25(28(24)33)35-27(39)13-8-20-4-2-5-22(32)18-20)36-29(31(37)41)34-23-11-9-21(10-12-23)30(40)38-14-16-42-17-15-38/h2-13,18-19H,14-17H2,1H3,(H,34,36)(H,35,39)/b13-8-. The summed E-state index contributed by atoms with van der Waals surface area (Å²) in [6.07, 6.45) is 3.98. The zero-order valence-electron chi connectivity index (χ0n) is 22.6. The van der Waals surface area contributed by atoms with Gasteiger partial charge in [0.25, 0.3) is 11.5 Å². The number of nitrogens with zero attached hydrogens (tertiary/aromatic N) is 3. The predicted molar refractivity (Wildman–Crippen MR) is 155 cm³/mol. The fourth-order valence-electron chi connectivity index (χ4n) is 4.38. The van der Waals surface area contributed by atoms with E-state index < -0.39 is 23.1 Å². The lowest BCUT2D eigenvalue weighted by atomic mass is 10.1. The third-order valence-electron chi connectivity index (χ3n) is 6.57. The van der Waals surface area contributed by atoms with Crippen molar-refractivity contribution in [3.8, 4) is 11.3 Å². The molecule has 4 aromatic rings. The zero-order valence-corrected chi connectivity index (χ0v) is 22.6. The van der Waals surface area contributed by atoms with Crippen LogP contribution in [0.2, 0.25) is 0 Å². The zero-order chi connectivity index (χ0) is 29.6. The SMILES string of the molecule is Cn1cc(-c2cccc(NC(=O)/C=C\c3cccc(F)c3)c2F)nc(Nc2ccc(C(=O)N3CCOCC3)cc2)c1=O. The number of hydrogen-bond acceptors (Lipinski definition) is 6. The van der Waals surface area contributed by atoms with Gasteiger partial charge in [-0.3, -0.25) is 14.4 Å². The van der Waals surface area contributed by atoms with Crippen LogP contribution in [0.3, 0.4) is 0 Å². The van der Waals surface area contributed by atoms with Crippen LogP contribution in [0.25, 0.3) is 17.3 Å². The molecule has 5 rings (SSSR count). The molecule has 0 unspecified atom stereocenters. The predicted octanol–water partition coefficient (Wildman–Crippen LogP) is 4.59. The lowest BCUT2D eigenvalue weighted by Crippen LogP contribution is -2.40. The topological polar surface area (TPSA) is 106 Å². The van der Waals surface area contributed by atoms with Gasteiger partial charge in [-0.25, -0.2) is 13.8 Å². The summed E-state index contributed by atoms with van der Waals surface area (Å²) in [5, 5.41) is 5.43. The maximum atomic E-state index is 15.5. The third kappa shape index (κ3) is 6.58. The monoisotopic (exact) mass is 571 g/mol. The largest absolute Gasteiger partial charge is 0.378 e. The van der Waals surface area contributed by atoms with E-state index in [0.29, 0.717) is 43.1 Å². The molecule has 1 aliphatic heterocycles. The van der Waals surface area contributed by atoms with E-state index in [2.05, 4.69) is 15.6 Å². The molecule has 0 bridgehead atoms. The summed E-state index contributed by atoms with van der Waals surface area (Å²) in [6, 6.07) is 16.8. The molecule has 3 aromatic carbocycles. The average molecular weight is 572 g/mol. The highest BCUT2D eigenvalue weighted by molar-refractivity contribution is 6.02. The van der Waals surface area contributed by atoms with E-state index >= 15 is 4.39 Å². The maximum Gasteiger partial charge on any atom is 0.293 e. The number of aryl methyl sites for hydroxylation is 1. The molecule has 0 aliphatic carbocycles. The summed E-state index contributed by atoms with van der Waals surface area (Å²) < 4.78 is 35.5. The van der Waals surface area contributed by atoms with Gasteiger partial charge in [-0.1, -0.05) is 18.2 Å². The molecule has 1 aromatic heterocycles. The minimum atomic E-state index is -0.743. The van der Waals surface area contributed by atoms with E-state index in [1.807, 2.05) is 0 Å². The van der Waals surface area contributed by atoms with Crippen LogP contribution in [-0.2, 0) is 16.6 Å². The number of halogens is 2. The normalized spacial score (nSPS) is 13.3. The minimum Gasteiger partial charge on any atom is -0.378 e. The van der Waals surface area contributed by atoms with Gasteiger partial charge in [0, 0.05) is 49.2 Å². The van der Waals surface area contributed by atoms with Gasteiger partial charge < -0.3 is 24.8 Å². The molecule has 0 radical (unpaired) electrons. The number of carbonyl (C=O) groups is 2. The molecule has 42 heavy (non-hydrogen) atoms. The first-order valence-corrected chi connectivity index (χ1v) is 13.1. The molecule has 0 saturated carbocycles. The highest BCUT2D eigenvalue weighted by Gasteiger charge is 2.19. The van der Waals surface area contributed by atoms with Crippen molar-refractivity contribution in [2.24, 2.45) is 7.05 Å². The second-order valence-corrected chi connectivity index (χ2v) is 9.54. The third-order valence-corrected chi connectivity index (χ3v) is 6.57. The highest BCUT2D eigenvalue weighted by atomic mass is 19.1. The number of morpholine rings is 1. The summed E-state index contributed by atoms with van der Waals surface area (Å²) in [4.78, 5) is 44.0. The van der Waals surface area contributed by atoms with Gasteiger partial charge in [0.15, 0.2) is 11.6 Å². The number of hydrogen-bond donors (Lipinski definition) is 2. The van der Waals surface area contributed by atoms with Crippen molar-refractivity contribution in [1.29, 1.82) is 0 Å². The van der Waals surface area contributed by atoms with E-state index in [9.17, 15) is 18.8 Å². The molecule has 1 saturated heterocycles. The van der Waals surface area contributed by atoms with Crippen molar-refractivity contribution in [1.82, 2.24) is 14.5 Å². The Balaban J connectivity index is 1.34. The molecule has 2 amide bonds. The van der Waals surface area contributed by atoms with E-state index in [-0.39, 0.29) is 28.7 Å². The summed E-state index contributed by atoms with van der Waals surface area (Å²) in [5.74, 6) is -1.94. The van der Waals surface area contributed by atoms with Gasteiger partial charge in [0.05, 0.1) is 24.6 Å². The first-order chi connectivity index (χ1) is 20.3. The molecule has 214 valence electrons. The molecule has 0 atom stereocenters. The summed E-state index contributed by atoms with van der Waals surface area (Å²) in [5.41, 5.74) is 1.18. The quantitative estimate of drug-likeness (QED) is 0.315. The summed E-state index contributed by atoms with van der Waals surface area (Å²) in [7, 11) is 1.52. The first kappa shape index (κ1) is 28.4. The Labute approximate surface area is 240 Å². The molecule has 0 spiro atoms. The molecule has 11 heteroatoms. The van der Waals surface area contributed by atoms with E-state index in [4.69, 9.17) is 4.74 Å².